The lowest BCUT2D eigenvalue weighted by atomic mass is 10.3. The summed E-state index contributed by atoms with van der Waals surface area (Å²) in [6.45, 7) is 0. The number of para-hydroxylation sites is 2. The maximum Gasteiger partial charge on any atom is 0.359 e. The number of aromatic nitrogens is 3. The number of hydrogen-bond donors (Lipinski definition) is 3. The summed E-state index contributed by atoms with van der Waals surface area (Å²) in [4.78, 5) is 0. The lowest BCUT2D eigenvalue weighted by molar-refractivity contribution is -0.599. The first-order valence-corrected chi connectivity index (χ1v) is 3.48. The molecule has 0 saturated carbocycles. The molecular formula is C7H8N5+. The number of rotatable bonds is 0. The Balaban J connectivity index is 2.79. The van der Waals surface area contributed by atoms with Gasteiger partial charge in [-0.05, 0) is 12.1 Å². The van der Waals surface area contributed by atoms with Crippen LogP contribution in [0.1, 0.15) is 0 Å². The Labute approximate surface area is 68.3 Å². The number of fused-ring (bicyclic) bond motifs is 1. The van der Waals surface area contributed by atoms with Crippen molar-refractivity contribution < 1.29 is 4.68 Å². The van der Waals surface area contributed by atoms with Gasteiger partial charge in [0.2, 0.25) is 0 Å². The van der Waals surface area contributed by atoms with E-state index in [1.807, 2.05) is 24.3 Å². The predicted octanol–water partition coefficient (Wildman–Crippen LogP) is -0.408. The van der Waals surface area contributed by atoms with Crippen molar-refractivity contribution in [3.63, 3.8) is 0 Å². The SMILES string of the molecule is N=C(N)[n+]1[nH]nc2ccccc21. The molecule has 0 aliphatic heterocycles. The second-order valence-corrected chi connectivity index (χ2v) is 2.42. The molecule has 0 bridgehead atoms. The molecule has 0 radical (unpaired) electrons. The first-order valence-electron chi connectivity index (χ1n) is 3.48. The van der Waals surface area contributed by atoms with E-state index in [1.54, 1.807) is 0 Å². The molecule has 5 nitrogen and oxygen atoms in total. The van der Waals surface area contributed by atoms with Gasteiger partial charge in [0, 0.05) is 0 Å². The van der Waals surface area contributed by atoms with E-state index in [-0.39, 0.29) is 5.96 Å². The van der Waals surface area contributed by atoms with Crippen LogP contribution < -0.4 is 10.4 Å². The Morgan fingerprint density at radius 3 is 3.00 bits per heavy atom. The third-order valence-electron chi connectivity index (χ3n) is 1.63. The van der Waals surface area contributed by atoms with Crippen molar-refractivity contribution in [3.8, 4) is 0 Å². The van der Waals surface area contributed by atoms with Crippen LogP contribution in [0.2, 0.25) is 0 Å². The maximum atomic E-state index is 7.20. The smallest absolute Gasteiger partial charge is 0.306 e. The summed E-state index contributed by atoms with van der Waals surface area (Å²) in [5, 5.41) is 13.8. The van der Waals surface area contributed by atoms with Gasteiger partial charge in [-0.25, -0.2) is 0 Å². The molecule has 0 unspecified atom stereocenters. The van der Waals surface area contributed by atoms with Gasteiger partial charge in [-0.2, -0.15) is 5.41 Å². The van der Waals surface area contributed by atoms with Crippen LogP contribution >= 0.6 is 0 Å². The highest BCUT2D eigenvalue weighted by molar-refractivity contribution is 5.75. The lowest BCUT2D eigenvalue weighted by Crippen LogP contribution is -2.49. The van der Waals surface area contributed by atoms with E-state index < -0.39 is 0 Å². The van der Waals surface area contributed by atoms with E-state index in [0.717, 1.165) is 11.0 Å². The monoisotopic (exact) mass is 162 g/mol. The number of hydrogen-bond acceptors (Lipinski definition) is 2. The molecule has 0 saturated heterocycles. The van der Waals surface area contributed by atoms with Crippen molar-refractivity contribution in [1.82, 2.24) is 10.3 Å². The molecule has 12 heavy (non-hydrogen) atoms. The quantitative estimate of drug-likeness (QED) is 0.279. The molecule has 0 atom stereocenters. The first-order chi connectivity index (χ1) is 5.79. The fourth-order valence-corrected chi connectivity index (χ4v) is 1.09. The molecule has 60 valence electrons. The Kier molecular flexibility index (Phi) is 1.30. The fraction of sp³-hybridized carbons (Fsp3) is 0. The van der Waals surface area contributed by atoms with Crippen LogP contribution in [0.3, 0.4) is 0 Å². The Hall–Kier alpha value is -1.91. The van der Waals surface area contributed by atoms with Crippen LogP contribution in [-0.2, 0) is 0 Å². The number of H-pyrrole nitrogens is 1. The molecule has 0 spiro atoms. The van der Waals surface area contributed by atoms with Gasteiger partial charge >= 0.3 is 5.96 Å². The predicted molar refractivity (Wildman–Crippen MR) is 43.6 cm³/mol. The second-order valence-electron chi connectivity index (χ2n) is 2.42. The van der Waals surface area contributed by atoms with Gasteiger partial charge in [-0.15, -0.1) is 9.90 Å². The van der Waals surface area contributed by atoms with Gasteiger partial charge in [0.05, 0.1) is 0 Å². The molecular weight excluding hydrogens is 154 g/mol. The van der Waals surface area contributed by atoms with E-state index in [4.69, 9.17) is 11.1 Å². The fourth-order valence-electron chi connectivity index (χ4n) is 1.09. The van der Waals surface area contributed by atoms with Gasteiger partial charge in [-0.3, -0.25) is 0 Å². The molecule has 5 heteroatoms. The number of nitrogens with two attached hydrogens (primary N) is 1. The van der Waals surface area contributed by atoms with Crippen LogP contribution in [0.4, 0.5) is 0 Å². The van der Waals surface area contributed by atoms with Crippen LogP contribution in [0, 0.1) is 5.41 Å². The second kappa shape index (κ2) is 2.30. The van der Waals surface area contributed by atoms with Crippen LogP contribution in [0.15, 0.2) is 24.3 Å². The van der Waals surface area contributed by atoms with Crippen molar-refractivity contribution in [1.29, 1.82) is 5.41 Å². The zero-order valence-electron chi connectivity index (χ0n) is 6.28. The van der Waals surface area contributed by atoms with Crippen molar-refractivity contribution in [2.24, 2.45) is 5.73 Å². The summed E-state index contributed by atoms with van der Waals surface area (Å²) < 4.78 is 1.41. The summed E-state index contributed by atoms with van der Waals surface area (Å²) in [5.74, 6) is -0.0660. The first kappa shape index (κ1) is 6.78. The van der Waals surface area contributed by atoms with Crippen molar-refractivity contribution in [3.05, 3.63) is 24.3 Å². The third kappa shape index (κ3) is 0.833. The van der Waals surface area contributed by atoms with Gasteiger partial charge < -0.3 is 5.73 Å². The van der Waals surface area contributed by atoms with Crippen LogP contribution in [0.25, 0.3) is 11.0 Å². The largest absolute Gasteiger partial charge is 0.359 e. The van der Waals surface area contributed by atoms with E-state index in [0.29, 0.717) is 0 Å². The van der Waals surface area contributed by atoms with E-state index >= 15 is 0 Å². The molecule has 2 aromatic rings. The average Bonchev–Trinajstić information content (AvgIpc) is 2.47. The van der Waals surface area contributed by atoms with Crippen LogP contribution in [0.5, 0.6) is 0 Å². The standard InChI is InChI=1S/C7H7N5/c8-7(9)12-6-4-2-1-3-5(6)10-11-12/h1-4H,(H3,8,9)/p+1. The third-order valence-corrected chi connectivity index (χ3v) is 1.63. The number of aromatic amines is 1. The minimum absolute atomic E-state index is 0.0660. The number of nitrogens with zero attached hydrogens (tertiary/aromatic N) is 2. The summed E-state index contributed by atoms with van der Waals surface area (Å²) in [6.07, 6.45) is 0. The molecule has 1 aromatic carbocycles. The molecule has 1 aromatic heterocycles. The minimum atomic E-state index is -0.0660. The average molecular weight is 162 g/mol. The lowest BCUT2D eigenvalue weighted by Gasteiger charge is -1.89. The molecule has 4 N–H and O–H groups in total. The molecule has 0 fully saturated rings. The maximum absolute atomic E-state index is 7.20. The summed E-state index contributed by atoms with van der Waals surface area (Å²) >= 11 is 0. The molecule has 0 aliphatic carbocycles. The summed E-state index contributed by atoms with van der Waals surface area (Å²) in [5.41, 5.74) is 6.91. The Morgan fingerprint density at radius 1 is 1.50 bits per heavy atom. The topological polar surface area (TPSA) is 82.4 Å². The van der Waals surface area contributed by atoms with E-state index in [1.165, 1.54) is 4.68 Å². The van der Waals surface area contributed by atoms with Gasteiger partial charge in [0.25, 0.3) is 0 Å². The van der Waals surface area contributed by atoms with Crippen molar-refractivity contribution >= 4 is 17.0 Å². The molecule has 0 amide bonds. The number of benzene rings is 1. The van der Waals surface area contributed by atoms with E-state index in [9.17, 15) is 0 Å². The Bertz CT molecular complexity index is 430. The van der Waals surface area contributed by atoms with Crippen LogP contribution in [-0.4, -0.2) is 16.3 Å². The molecule has 2 rings (SSSR count). The van der Waals surface area contributed by atoms with Gasteiger partial charge in [0.1, 0.15) is 0 Å². The Morgan fingerprint density at radius 2 is 2.25 bits per heavy atom. The number of nitrogen functional groups attached to an aromatic ring is 1. The summed E-state index contributed by atoms with van der Waals surface area (Å²) in [6, 6.07) is 7.45. The number of nitrogens with one attached hydrogen (secondary N) is 2. The highest BCUT2D eigenvalue weighted by atomic mass is 15.5. The minimum Gasteiger partial charge on any atom is -0.306 e. The highest BCUT2D eigenvalue weighted by Gasteiger charge is 2.09. The normalized spacial score (nSPS) is 10.3. The molecule has 1 heterocycles. The highest BCUT2D eigenvalue weighted by Crippen LogP contribution is 2.02. The zero-order valence-corrected chi connectivity index (χ0v) is 6.28. The molecule has 0 aliphatic rings. The van der Waals surface area contributed by atoms with Gasteiger partial charge in [0.15, 0.2) is 11.0 Å². The zero-order chi connectivity index (χ0) is 8.55. The van der Waals surface area contributed by atoms with Crippen molar-refractivity contribution in [2.45, 2.75) is 0 Å². The summed E-state index contributed by atoms with van der Waals surface area (Å²) in [7, 11) is 0. The van der Waals surface area contributed by atoms with E-state index in [2.05, 4.69) is 10.3 Å². The van der Waals surface area contributed by atoms with Crippen molar-refractivity contribution in [2.75, 3.05) is 0 Å². The van der Waals surface area contributed by atoms with Gasteiger partial charge in [-0.1, -0.05) is 17.2 Å².